The van der Waals surface area contributed by atoms with E-state index in [4.69, 9.17) is 9.47 Å². The lowest BCUT2D eigenvalue weighted by molar-refractivity contribution is -0.145. The number of methoxy groups -OCH3 is 1. The summed E-state index contributed by atoms with van der Waals surface area (Å²) < 4.78 is 10.2. The molecule has 0 aromatic heterocycles. The number of alkyl carbamates (subject to hydrolysis) is 1. The average molecular weight is 499 g/mol. The molecule has 2 atom stereocenters. The Labute approximate surface area is 214 Å². The molecule has 0 bridgehead atoms. The van der Waals surface area contributed by atoms with Crippen LogP contribution in [0.15, 0.2) is 0 Å². The minimum absolute atomic E-state index is 0.376. The quantitative estimate of drug-likeness (QED) is 0.142. The van der Waals surface area contributed by atoms with Gasteiger partial charge >= 0.3 is 12.1 Å². The molecule has 0 saturated heterocycles. The second-order valence-corrected chi connectivity index (χ2v) is 10.6. The van der Waals surface area contributed by atoms with Crippen LogP contribution in [0.4, 0.5) is 4.79 Å². The van der Waals surface area contributed by atoms with E-state index in [-0.39, 0.29) is 5.91 Å². The minimum Gasteiger partial charge on any atom is -0.467 e. The van der Waals surface area contributed by atoms with Crippen molar-refractivity contribution in [1.82, 2.24) is 10.6 Å². The minimum atomic E-state index is -0.751. The molecule has 2 amide bonds. The zero-order valence-corrected chi connectivity index (χ0v) is 23.5. The van der Waals surface area contributed by atoms with Gasteiger partial charge in [-0.25, -0.2) is 9.59 Å². The van der Waals surface area contributed by atoms with Crippen molar-refractivity contribution in [2.24, 2.45) is 0 Å². The molecule has 0 heterocycles. The number of hydrogen-bond donors (Lipinski definition) is 2. The van der Waals surface area contributed by atoms with E-state index >= 15 is 0 Å². The van der Waals surface area contributed by atoms with Crippen molar-refractivity contribution in [3.8, 4) is 0 Å². The zero-order valence-electron chi connectivity index (χ0n) is 23.5. The van der Waals surface area contributed by atoms with Gasteiger partial charge in [0.2, 0.25) is 5.91 Å². The van der Waals surface area contributed by atoms with E-state index in [0.717, 1.165) is 32.1 Å². The topological polar surface area (TPSA) is 93.7 Å². The van der Waals surface area contributed by atoms with Crippen molar-refractivity contribution in [3.05, 3.63) is 0 Å². The van der Waals surface area contributed by atoms with Crippen LogP contribution in [0.2, 0.25) is 0 Å². The standard InChI is InChI=1S/C28H54N2O5/c1-7-9-11-12-13-14-15-16-17-18-19-20-22-24(26(32)34-6)29-25(31)23(21-10-8-2)30-27(33)35-28(3,4)5/h23-24H,7-22H2,1-6H3,(H,29,31)(H,30,33)/t23-,24?/m0/s1. The highest BCUT2D eigenvalue weighted by molar-refractivity contribution is 5.89. The fraction of sp³-hybridized carbons (Fsp3) is 0.893. The van der Waals surface area contributed by atoms with Crippen molar-refractivity contribution in [1.29, 1.82) is 0 Å². The van der Waals surface area contributed by atoms with Crippen LogP contribution in [0.25, 0.3) is 0 Å². The van der Waals surface area contributed by atoms with Gasteiger partial charge in [0.15, 0.2) is 0 Å². The fourth-order valence-corrected chi connectivity index (χ4v) is 3.98. The molecule has 0 rings (SSSR count). The summed E-state index contributed by atoms with van der Waals surface area (Å²) in [4.78, 5) is 37.4. The van der Waals surface area contributed by atoms with Gasteiger partial charge in [0, 0.05) is 0 Å². The molecular formula is C28H54N2O5. The Bertz CT molecular complexity index is 574. The van der Waals surface area contributed by atoms with Crippen LogP contribution in [0.5, 0.6) is 0 Å². The van der Waals surface area contributed by atoms with Gasteiger partial charge in [-0.05, 0) is 33.6 Å². The molecule has 0 saturated carbocycles. The first-order valence-electron chi connectivity index (χ1n) is 14.0. The van der Waals surface area contributed by atoms with Gasteiger partial charge in [-0.2, -0.15) is 0 Å². The lowest BCUT2D eigenvalue weighted by Gasteiger charge is -2.25. The Morgan fingerprint density at radius 3 is 1.57 bits per heavy atom. The van der Waals surface area contributed by atoms with Crippen LogP contribution in [0.3, 0.4) is 0 Å². The van der Waals surface area contributed by atoms with E-state index in [1.807, 2.05) is 6.92 Å². The van der Waals surface area contributed by atoms with E-state index in [1.165, 1.54) is 64.9 Å². The summed E-state index contributed by atoms with van der Waals surface area (Å²) in [6, 6.07) is -1.46. The summed E-state index contributed by atoms with van der Waals surface area (Å²) in [5.41, 5.74) is -0.654. The Hall–Kier alpha value is -1.79. The number of carbonyl (C=O) groups is 3. The van der Waals surface area contributed by atoms with Gasteiger partial charge in [0.25, 0.3) is 0 Å². The fourth-order valence-electron chi connectivity index (χ4n) is 3.98. The molecule has 0 aromatic carbocycles. The Balaban J connectivity index is 4.45. The summed E-state index contributed by atoms with van der Waals surface area (Å²) in [7, 11) is 1.33. The Morgan fingerprint density at radius 1 is 0.657 bits per heavy atom. The normalized spacial score (nSPS) is 13.1. The SMILES string of the molecule is CCCCCCCCCCCCCCC(NC(=O)[C@H](CCCC)NC(=O)OC(C)(C)C)C(=O)OC. The number of ether oxygens (including phenoxy) is 2. The van der Waals surface area contributed by atoms with Crippen molar-refractivity contribution in [2.45, 2.75) is 155 Å². The molecule has 0 radical (unpaired) electrons. The van der Waals surface area contributed by atoms with Crippen molar-refractivity contribution in [3.63, 3.8) is 0 Å². The third-order valence-electron chi connectivity index (χ3n) is 6.00. The lowest BCUT2D eigenvalue weighted by atomic mass is 10.0. The van der Waals surface area contributed by atoms with Crippen LogP contribution in [0, 0.1) is 0 Å². The second-order valence-electron chi connectivity index (χ2n) is 10.6. The van der Waals surface area contributed by atoms with Crippen LogP contribution in [-0.2, 0) is 19.1 Å². The number of carbonyl (C=O) groups excluding carboxylic acids is 3. The maximum absolute atomic E-state index is 12.9. The molecule has 206 valence electrons. The van der Waals surface area contributed by atoms with Crippen molar-refractivity contribution < 1.29 is 23.9 Å². The molecule has 0 aromatic rings. The molecule has 0 aliphatic carbocycles. The molecule has 7 nitrogen and oxygen atoms in total. The highest BCUT2D eigenvalue weighted by Crippen LogP contribution is 2.14. The number of rotatable bonds is 20. The number of esters is 1. The largest absolute Gasteiger partial charge is 0.467 e. The summed E-state index contributed by atoms with van der Waals surface area (Å²) in [6.45, 7) is 9.59. The van der Waals surface area contributed by atoms with Crippen molar-refractivity contribution in [2.75, 3.05) is 7.11 Å². The van der Waals surface area contributed by atoms with E-state index in [2.05, 4.69) is 17.6 Å². The summed E-state index contributed by atoms with van der Waals surface area (Å²) >= 11 is 0. The van der Waals surface area contributed by atoms with Gasteiger partial charge in [0.05, 0.1) is 7.11 Å². The Kier molecular flexibility index (Phi) is 19.4. The van der Waals surface area contributed by atoms with Crippen LogP contribution >= 0.6 is 0 Å². The molecule has 0 aliphatic rings. The van der Waals surface area contributed by atoms with E-state index in [9.17, 15) is 14.4 Å². The van der Waals surface area contributed by atoms with Crippen LogP contribution in [0.1, 0.15) is 137 Å². The first kappa shape index (κ1) is 33.2. The third-order valence-corrected chi connectivity index (χ3v) is 6.00. The summed E-state index contributed by atoms with van der Waals surface area (Å²) in [6.07, 6.45) is 16.9. The maximum Gasteiger partial charge on any atom is 0.408 e. The molecule has 35 heavy (non-hydrogen) atoms. The van der Waals surface area contributed by atoms with E-state index < -0.39 is 29.7 Å². The first-order valence-corrected chi connectivity index (χ1v) is 14.0. The number of hydrogen-bond acceptors (Lipinski definition) is 5. The number of amides is 2. The van der Waals surface area contributed by atoms with Crippen molar-refractivity contribution >= 4 is 18.0 Å². The van der Waals surface area contributed by atoms with Gasteiger partial charge in [0.1, 0.15) is 17.7 Å². The number of nitrogens with one attached hydrogen (secondary N) is 2. The molecule has 0 aliphatic heterocycles. The summed E-state index contributed by atoms with van der Waals surface area (Å²) in [5.74, 6) is -0.827. The maximum atomic E-state index is 12.9. The van der Waals surface area contributed by atoms with Gasteiger partial charge in [-0.3, -0.25) is 4.79 Å². The second kappa shape index (κ2) is 20.4. The van der Waals surface area contributed by atoms with E-state index in [1.54, 1.807) is 20.8 Å². The molecule has 7 heteroatoms. The van der Waals surface area contributed by atoms with Gasteiger partial charge in [-0.1, -0.05) is 104 Å². The first-order chi connectivity index (χ1) is 16.6. The van der Waals surface area contributed by atoms with Crippen LogP contribution < -0.4 is 10.6 Å². The van der Waals surface area contributed by atoms with Gasteiger partial charge < -0.3 is 20.1 Å². The average Bonchev–Trinajstić information content (AvgIpc) is 2.79. The predicted molar refractivity (Wildman–Crippen MR) is 142 cm³/mol. The smallest absolute Gasteiger partial charge is 0.408 e. The zero-order chi connectivity index (χ0) is 26.5. The molecule has 0 spiro atoms. The monoisotopic (exact) mass is 498 g/mol. The highest BCUT2D eigenvalue weighted by atomic mass is 16.6. The third kappa shape index (κ3) is 19.1. The lowest BCUT2D eigenvalue weighted by Crippen LogP contribution is -2.52. The molecule has 2 N–H and O–H groups in total. The number of unbranched alkanes of at least 4 members (excludes halogenated alkanes) is 12. The summed E-state index contributed by atoms with van der Waals surface area (Å²) in [5, 5.41) is 5.46. The van der Waals surface area contributed by atoms with E-state index in [0.29, 0.717) is 12.8 Å². The molecule has 0 fully saturated rings. The van der Waals surface area contributed by atoms with Gasteiger partial charge in [-0.15, -0.1) is 0 Å². The molecular weight excluding hydrogens is 444 g/mol. The molecule has 1 unspecified atom stereocenters. The van der Waals surface area contributed by atoms with Crippen LogP contribution in [-0.4, -0.2) is 42.8 Å². The highest BCUT2D eigenvalue weighted by Gasteiger charge is 2.28. The Morgan fingerprint density at radius 2 is 1.11 bits per heavy atom. The predicted octanol–water partition coefficient (Wildman–Crippen LogP) is 6.82.